The van der Waals surface area contributed by atoms with E-state index < -0.39 is 8.07 Å². The molecule has 0 aliphatic heterocycles. The summed E-state index contributed by atoms with van der Waals surface area (Å²) in [6.07, 6.45) is 0. The van der Waals surface area contributed by atoms with Gasteiger partial charge in [0.05, 0.1) is 0 Å². The third kappa shape index (κ3) is 6.26. The Kier molecular flexibility index (Phi) is 11.6. The van der Waals surface area contributed by atoms with Crippen molar-refractivity contribution in [2.24, 2.45) is 0 Å². The molecule has 0 saturated heterocycles. The normalized spacial score (nSPS) is 11.5. The minimum Gasteiger partial charge on any atom is -1.00 e. The van der Waals surface area contributed by atoms with Crippen molar-refractivity contribution in [2.75, 3.05) is 0 Å². The molecule has 0 aliphatic rings. The number of hydrogen-bond acceptors (Lipinski definition) is 0. The van der Waals surface area contributed by atoms with E-state index in [2.05, 4.69) is 152 Å². The minimum atomic E-state index is -2.24. The number of benzene rings is 4. The molecule has 0 spiro atoms. The number of rotatable bonds is 6. The Balaban J connectivity index is 0.00000176. The summed E-state index contributed by atoms with van der Waals surface area (Å²) in [5, 5.41) is 8.92. The van der Waals surface area contributed by atoms with Crippen molar-refractivity contribution in [3.63, 3.8) is 0 Å². The Morgan fingerprint density at radius 1 is 0.523 bits per heavy atom. The van der Waals surface area contributed by atoms with E-state index in [4.69, 9.17) is 0 Å². The molecule has 0 atom stereocenters. The van der Waals surface area contributed by atoms with Crippen LogP contribution in [-0.4, -0.2) is 8.07 Å². The molecule has 44 heavy (non-hydrogen) atoms. The second-order valence-electron chi connectivity index (χ2n) is 13.2. The van der Waals surface area contributed by atoms with E-state index >= 15 is 0 Å². The van der Waals surface area contributed by atoms with E-state index in [0.717, 1.165) is 0 Å². The predicted octanol–water partition coefficient (Wildman–Crippen LogP) is 4.46. The molecule has 0 fully saturated rings. The largest absolute Gasteiger partial charge is 4.00 e. The summed E-state index contributed by atoms with van der Waals surface area (Å²) in [6, 6.07) is 37.0. The van der Waals surface area contributed by atoms with Crippen molar-refractivity contribution < 1.29 is 51.0 Å². The van der Waals surface area contributed by atoms with Gasteiger partial charge in [-0.2, -0.15) is 10.4 Å². The molecule has 0 nitrogen and oxygen atoms in total. The van der Waals surface area contributed by atoms with Gasteiger partial charge in [0, 0.05) is 8.07 Å². The maximum absolute atomic E-state index is 2.62. The first-order chi connectivity index (χ1) is 19.6. The monoisotopic (exact) mass is 710 g/mol. The zero-order valence-corrected chi connectivity index (χ0v) is 32.1. The summed E-state index contributed by atoms with van der Waals surface area (Å²) >= 11 is 0. The molecule has 0 saturated carbocycles. The molecular formula is C40H42Cl2SiZr. The summed E-state index contributed by atoms with van der Waals surface area (Å²) in [4.78, 5) is 0. The molecule has 0 aliphatic carbocycles. The van der Waals surface area contributed by atoms with Gasteiger partial charge in [-0.15, -0.1) is 69.1 Å². The van der Waals surface area contributed by atoms with Crippen LogP contribution in [0.1, 0.15) is 61.8 Å². The van der Waals surface area contributed by atoms with Crippen LogP contribution in [0, 0.1) is 13.8 Å². The number of hydrogen-bond donors (Lipinski definition) is 0. The average molecular weight is 713 g/mol. The standard InChI is InChI=1S/C40H42Si.2ClH.Zr/c1-25(2)35-23-31-11-9-13-33(29-19-15-27(5)16-20-29)37(31)39(35)41(7,8)40-36(26(3)4)24-32-12-10-14-34(38(32)40)30-21-17-28(6)18-22-30;;;/h9-26H,1-8H3;2*1H;/q-2;;;+4/p-2. The molecule has 224 valence electrons. The molecule has 6 aromatic rings. The second kappa shape index (κ2) is 14.0. The fourth-order valence-corrected chi connectivity index (χ4v) is 11.3. The van der Waals surface area contributed by atoms with E-state index in [9.17, 15) is 0 Å². The third-order valence-electron chi connectivity index (χ3n) is 9.11. The Morgan fingerprint density at radius 3 is 1.18 bits per heavy atom. The van der Waals surface area contributed by atoms with Gasteiger partial charge in [0.25, 0.3) is 0 Å². The van der Waals surface area contributed by atoms with Gasteiger partial charge in [0.2, 0.25) is 0 Å². The average Bonchev–Trinajstić information content (AvgIpc) is 3.55. The van der Waals surface area contributed by atoms with E-state index in [1.165, 1.54) is 66.1 Å². The van der Waals surface area contributed by atoms with Gasteiger partial charge < -0.3 is 24.8 Å². The smallest absolute Gasteiger partial charge is 1.00 e. The molecule has 0 radical (unpaired) electrons. The first-order valence-electron chi connectivity index (χ1n) is 15.2. The molecule has 6 rings (SSSR count). The van der Waals surface area contributed by atoms with Crippen molar-refractivity contribution >= 4 is 40.0 Å². The van der Waals surface area contributed by atoms with Gasteiger partial charge >= 0.3 is 26.2 Å². The summed E-state index contributed by atoms with van der Waals surface area (Å²) < 4.78 is 0. The van der Waals surface area contributed by atoms with E-state index in [1.54, 1.807) is 10.4 Å². The molecule has 0 unspecified atom stereocenters. The maximum atomic E-state index is 2.62. The van der Waals surface area contributed by atoms with Gasteiger partial charge in [0.1, 0.15) is 0 Å². The third-order valence-corrected chi connectivity index (χ3v) is 12.7. The van der Waals surface area contributed by atoms with Crippen LogP contribution in [-0.2, 0) is 26.2 Å². The zero-order chi connectivity index (χ0) is 29.1. The van der Waals surface area contributed by atoms with Crippen molar-refractivity contribution in [3.05, 3.63) is 119 Å². The predicted molar refractivity (Wildman–Crippen MR) is 184 cm³/mol. The Hall–Kier alpha value is -2.22. The molecule has 6 aromatic carbocycles. The van der Waals surface area contributed by atoms with Gasteiger partial charge in [-0.25, -0.2) is 0 Å². The second-order valence-corrected chi connectivity index (χ2v) is 17.4. The molecule has 0 bridgehead atoms. The molecule has 0 amide bonds. The molecule has 0 aromatic heterocycles. The van der Waals surface area contributed by atoms with Gasteiger partial charge in [-0.1, -0.05) is 124 Å². The summed E-state index contributed by atoms with van der Waals surface area (Å²) in [5.74, 6) is 0.908. The molecular weight excluding hydrogens is 671 g/mol. The zero-order valence-electron chi connectivity index (χ0n) is 27.1. The number of fused-ring (bicyclic) bond motifs is 2. The fourth-order valence-electron chi connectivity index (χ4n) is 7.04. The van der Waals surface area contributed by atoms with Crippen LogP contribution in [0.3, 0.4) is 0 Å². The topological polar surface area (TPSA) is 0 Å². The fraction of sp³-hybridized carbons (Fsp3) is 0.250. The van der Waals surface area contributed by atoms with Crippen LogP contribution in [0.4, 0.5) is 0 Å². The Labute approximate surface area is 297 Å². The minimum absolute atomic E-state index is 0. The van der Waals surface area contributed by atoms with Crippen molar-refractivity contribution in [1.29, 1.82) is 0 Å². The molecule has 0 N–H and O–H groups in total. The van der Waals surface area contributed by atoms with Crippen LogP contribution < -0.4 is 35.2 Å². The van der Waals surface area contributed by atoms with E-state index in [1.807, 2.05) is 0 Å². The van der Waals surface area contributed by atoms with Crippen LogP contribution in [0.15, 0.2) is 97.1 Å². The van der Waals surface area contributed by atoms with E-state index in [0.29, 0.717) is 11.8 Å². The quantitative estimate of drug-likeness (QED) is 0.177. The summed E-state index contributed by atoms with van der Waals surface area (Å²) in [5.41, 5.74) is 11.0. The van der Waals surface area contributed by atoms with Gasteiger partial charge in [-0.05, 0) is 36.8 Å². The van der Waals surface area contributed by atoms with Crippen LogP contribution in [0.2, 0.25) is 13.1 Å². The maximum Gasteiger partial charge on any atom is 4.00 e. The number of aryl methyl sites for hydroxylation is 2. The van der Waals surface area contributed by atoms with Crippen LogP contribution >= 0.6 is 0 Å². The van der Waals surface area contributed by atoms with Crippen LogP contribution in [0.25, 0.3) is 43.8 Å². The van der Waals surface area contributed by atoms with Gasteiger partial charge in [0.15, 0.2) is 0 Å². The molecule has 4 heteroatoms. The van der Waals surface area contributed by atoms with Crippen molar-refractivity contribution in [2.45, 2.75) is 66.5 Å². The summed E-state index contributed by atoms with van der Waals surface area (Å²) in [7, 11) is -2.24. The summed E-state index contributed by atoms with van der Waals surface area (Å²) in [6.45, 7) is 19.1. The van der Waals surface area contributed by atoms with Crippen molar-refractivity contribution in [3.8, 4) is 22.3 Å². The Morgan fingerprint density at radius 2 is 0.864 bits per heavy atom. The first-order valence-corrected chi connectivity index (χ1v) is 18.2. The SMILES string of the molecule is Cc1ccc(-c2cccc3[cH-]c(C(C)C)c([Si](C)(C)c4c(C(C)C)[cH-]c5cccc(-c6ccc(C)cc6)c45)c23)cc1.[Cl-].[Cl-].[Zr+4]. The van der Waals surface area contributed by atoms with Crippen molar-refractivity contribution in [1.82, 2.24) is 0 Å². The first kappa shape index (κ1) is 36.3. The molecule has 0 heterocycles. The van der Waals surface area contributed by atoms with Crippen LogP contribution in [0.5, 0.6) is 0 Å². The number of halogens is 2. The Bertz CT molecular complexity index is 1730. The van der Waals surface area contributed by atoms with E-state index in [-0.39, 0.29) is 51.0 Å². The van der Waals surface area contributed by atoms with Gasteiger partial charge in [-0.3, -0.25) is 0 Å².